The van der Waals surface area contributed by atoms with Gasteiger partial charge in [-0.2, -0.15) is 0 Å². The summed E-state index contributed by atoms with van der Waals surface area (Å²) in [5, 5.41) is 13.4. The molecule has 0 spiro atoms. The molecule has 0 aliphatic heterocycles. The molecule has 1 amide bonds. The van der Waals surface area contributed by atoms with Gasteiger partial charge >= 0.3 is 0 Å². The minimum Gasteiger partial charge on any atom is -0.320 e. The van der Waals surface area contributed by atoms with Crippen LogP contribution in [-0.4, -0.2) is 10.8 Å². The maximum absolute atomic E-state index is 11.7. The smallest absolute Gasteiger partial charge is 0.292 e. The molecule has 0 radical (unpaired) electrons. The number of benzene rings is 1. The van der Waals surface area contributed by atoms with E-state index < -0.39 is 4.92 Å². The number of nitro benzene ring substituents is 1. The molecule has 0 fully saturated rings. The second kappa shape index (κ2) is 8.24. The summed E-state index contributed by atoms with van der Waals surface area (Å²) in [6, 6.07) is 6.19. The Balaban J connectivity index is 2.42. The molecule has 19 heavy (non-hydrogen) atoms. The Bertz CT molecular complexity index is 432. The molecule has 0 unspecified atom stereocenters. The van der Waals surface area contributed by atoms with E-state index in [0.717, 1.165) is 19.3 Å². The highest BCUT2D eigenvalue weighted by molar-refractivity contribution is 5.92. The molecule has 0 saturated carbocycles. The highest BCUT2D eigenvalue weighted by atomic mass is 16.6. The van der Waals surface area contributed by atoms with Crippen LogP contribution >= 0.6 is 0 Å². The van der Waals surface area contributed by atoms with Crippen LogP contribution in [0, 0.1) is 10.1 Å². The predicted octanol–water partition coefficient (Wildman–Crippen LogP) is 3.89. The molecular formula is C14H20N2O3. The van der Waals surface area contributed by atoms with Crippen molar-refractivity contribution in [3.63, 3.8) is 0 Å². The Morgan fingerprint density at radius 2 is 1.89 bits per heavy atom. The maximum atomic E-state index is 11.7. The Morgan fingerprint density at radius 3 is 2.58 bits per heavy atom. The Kier molecular flexibility index (Phi) is 6.57. The number of nitro groups is 1. The number of nitrogens with zero attached hydrogens (tertiary/aromatic N) is 1. The zero-order valence-corrected chi connectivity index (χ0v) is 11.2. The third-order valence-electron chi connectivity index (χ3n) is 2.88. The standard InChI is InChI=1S/C14H20N2O3/c1-2-3-4-5-6-11-14(17)15-12-9-7-8-10-13(12)16(18)19/h7-10H,2-6,11H2,1H3,(H,15,17). The number of carbonyl (C=O) groups is 1. The van der Waals surface area contributed by atoms with Gasteiger partial charge in [0.25, 0.3) is 5.69 Å². The molecule has 104 valence electrons. The average molecular weight is 264 g/mol. The zero-order chi connectivity index (χ0) is 14.1. The molecule has 0 aliphatic carbocycles. The lowest BCUT2D eigenvalue weighted by molar-refractivity contribution is -0.383. The van der Waals surface area contributed by atoms with Crippen LogP contribution in [0.4, 0.5) is 11.4 Å². The van der Waals surface area contributed by atoms with Gasteiger partial charge in [0.1, 0.15) is 5.69 Å². The first-order valence-electron chi connectivity index (χ1n) is 6.68. The highest BCUT2D eigenvalue weighted by Gasteiger charge is 2.14. The third-order valence-corrected chi connectivity index (χ3v) is 2.88. The van der Waals surface area contributed by atoms with Crippen molar-refractivity contribution >= 4 is 17.3 Å². The van der Waals surface area contributed by atoms with Crippen LogP contribution in [0.2, 0.25) is 0 Å². The lowest BCUT2D eigenvalue weighted by Gasteiger charge is -2.05. The van der Waals surface area contributed by atoms with Crippen LogP contribution in [0.5, 0.6) is 0 Å². The molecule has 0 saturated heterocycles. The van der Waals surface area contributed by atoms with Crippen LogP contribution in [0.25, 0.3) is 0 Å². The maximum Gasteiger partial charge on any atom is 0.292 e. The Hall–Kier alpha value is -1.91. The fraction of sp³-hybridized carbons (Fsp3) is 0.500. The van der Waals surface area contributed by atoms with E-state index in [9.17, 15) is 14.9 Å². The molecule has 1 N–H and O–H groups in total. The van der Waals surface area contributed by atoms with Gasteiger partial charge in [-0.15, -0.1) is 0 Å². The molecule has 1 aromatic carbocycles. The van der Waals surface area contributed by atoms with Gasteiger partial charge in [0, 0.05) is 12.5 Å². The monoisotopic (exact) mass is 264 g/mol. The zero-order valence-electron chi connectivity index (χ0n) is 11.2. The summed E-state index contributed by atoms with van der Waals surface area (Å²) in [7, 11) is 0. The van der Waals surface area contributed by atoms with Crippen molar-refractivity contribution in [1.82, 2.24) is 0 Å². The molecule has 0 aromatic heterocycles. The fourth-order valence-electron chi connectivity index (χ4n) is 1.84. The predicted molar refractivity (Wildman–Crippen MR) is 75.1 cm³/mol. The summed E-state index contributed by atoms with van der Waals surface area (Å²) in [5.74, 6) is -0.161. The van der Waals surface area contributed by atoms with Gasteiger partial charge in [0.2, 0.25) is 5.91 Å². The fourth-order valence-corrected chi connectivity index (χ4v) is 1.84. The van der Waals surface area contributed by atoms with E-state index in [-0.39, 0.29) is 17.3 Å². The molecule has 1 rings (SSSR count). The van der Waals surface area contributed by atoms with Crippen LogP contribution in [0.15, 0.2) is 24.3 Å². The van der Waals surface area contributed by atoms with E-state index in [1.807, 2.05) is 0 Å². The summed E-state index contributed by atoms with van der Waals surface area (Å²) in [6.07, 6.45) is 5.75. The summed E-state index contributed by atoms with van der Waals surface area (Å²) >= 11 is 0. The lowest BCUT2D eigenvalue weighted by Crippen LogP contribution is -2.12. The number of hydrogen-bond acceptors (Lipinski definition) is 3. The van der Waals surface area contributed by atoms with Gasteiger partial charge in [-0.1, -0.05) is 44.7 Å². The summed E-state index contributed by atoms with van der Waals surface area (Å²) in [5.41, 5.74) is 0.202. The van der Waals surface area contributed by atoms with Gasteiger partial charge < -0.3 is 5.32 Å². The van der Waals surface area contributed by atoms with E-state index >= 15 is 0 Å². The van der Waals surface area contributed by atoms with E-state index in [1.165, 1.54) is 18.9 Å². The number of amides is 1. The molecule has 0 atom stereocenters. The van der Waals surface area contributed by atoms with E-state index in [0.29, 0.717) is 6.42 Å². The van der Waals surface area contributed by atoms with Crippen LogP contribution in [0.1, 0.15) is 45.4 Å². The molecule has 5 heteroatoms. The summed E-state index contributed by atoms with van der Waals surface area (Å²) < 4.78 is 0. The summed E-state index contributed by atoms with van der Waals surface area (Å²) in [4.78, 5) is 22.0. The Morgan fingerprint density at radius 1 is 1.21 bits per heavy atom. The largest absolute Gasteiger partial charge is 0.320 e. The molecule has 0 aliphatic rings. The third kappa shape index (κ3) is 5.50. The van der Waals surface area contributed by atoms with Crippen molar-refractivity contribution in [3.8, 4) is 0 Å². The second-order valence-corrected chi connectivity index (χ2v) is 4.49. The SMILES string of the molecule is CCCCCCCC(=O)Nc1ccccc1[N+](=O)[O-]. The van der Waals surface area contributed by atoms with Crippen molar-refractivity contribution in [2.45, 2.75) is 45.4 Å². The van der Waals surface area contributed by atoms with Crippen LogP contribution in [0.3, 0.4) is 0 Å². The number of unbranched alkanes of at least 4 members (excludes halogenated alkanes) is 4. The normalized spacial score (nSPS) is 10.2. The van der Waals surface area contributed by atoms with Crippen molar-refractivity contribution < 1.29 is 9.72 Å². The van der Waals surface area contributed by atoms with Crippen molar-refractivity contribution in [2.75, 3.05) is 5.32 Å². The quantitative estimate of drug-likeness (QED) is 0.439. The van der Waals surface area contributed by atoms with Gasteiger partial charge in [0.05, 0.1) is 4.92 Å². The number of rotatable bonds is 8. The van der Waals surface area contributed by atoms with Gasteiger partial charge in [-0.05, 0) is 12.5 Å². The van der Waals surface area contributed by atoms with E-state index in [4.69, 9.17) is 0 Å². The first-order chi connectivity index (χ1) is 9.15. The topological polar surface area (TPSA) is 72.2 Å². The van der Waals surface area contributed by atoms with E-state index in [1.54, 1.807) is 18.2 Å². The van der Waals surface area contributed by atoms with Gasteiger partial charge in [-0.25, -0.2) is 0 Å². The highest BCUT2D eigenvalue weighted by Crippen LogP contribution is 2.23. The van der Waals surface area contributed by atoms with Gasteiger partial charge in [0.15, 0.2) is 0 Å². The van der Waals surface area contributed by atoms with Crippen molar-refractivity contribution in [3.05, 3.63) is 34.4 Å². The average Bonchev–Trinajstić information content (AvgIpc) is 2.39. The first kappa shape index (κ1) is 15.1. The molecular weight excluding hydrogens is 244 g/mol. The molecule has 0 bridgehead atoms. The van der Waals surface area contributed by atoms with Crippen molar-refractivity contribution in [2.24, 2.45) is 0 Å². The first-order valence-corrected chi connectivity index (χ1v) is 6.68. The minimum absolute atomic E-state index is 0.0677. The van der Waals surface area contributed by atoms with Crippen LogP contribution in [-0.2, 0) is 4.79 Å². The molecule has 0 heterocycles. The van der Waals surface area contributed by atoms with E-state index in [2.05, 4.69) is 12.2 Å². The van der Waals surface area contributed by atoms with Crippen molar-refractivity contribution in [1.29, 1.82) is 0 Å². The Labute approximate surface area is 113 Å². The minimum atomic E-state index is -0.489. The number of para-hydroxylation sites is 2. The van der Waals surface area contributed by atoms with Gasteiger partial charge in [-0.3, -0.25) is 14.9 Å². The lowest BCUT2D eigenvalue weighted by atomic mass is 10.1. The second-order valence-electron chi connectivity index (χ2n) is 4.49. The molecule has 5 nitrogen and oxygen atoms in total. The number of carbonyl (C=O) groups excluding carboxylic acids is 1. The number of nitrogens with one attached hydrogen (secondary N) is 1. The number of hydrogen-bond donors (Lipinski definition) is 1. The van der Waals surface area contributed by atoms with Crippen LogP contribution < -0.4 is 5.32 Å². The number of anilines is 1. The molecule has 1 aromatic rings. The summed E-state index contributed by atoms with van der Waals surface area (Å²) in [6.45, 7) is 2.14.